The van der Waals surface area contributed by atoms with Crippen LogP contribution in [0.25, 0.3) is 0 Å². The van der Waals surface area contributed by atoms with Crippen molar-refractivity contribution in [3.8, 4) is 0 Å². The van der Waals surface area contributed by atoms with Gasteiger partial charge < -0.3 is 10.5 Å². The summed E-state index contributed by atoms with van der Waals surface area (Å²) in [4.78, 5) is 7.82. The van der Waals surface area contributed by atoms with Crippen LogP contribution < -0.4 is 5.73 Å². The molecule has 5 heteroatoms. The molecule has 0 saturated heterocycles. The molecule has 0 aromatic heterocycles. The van der Waals surface area contributed by atoms with Crippen molar-refractivity contribution in [3.63, 3.8) is 0 Å². The molecule has 0 spiro atoms. The molecule has 12 heavy (non-hydrogen) atoms. The third kappa shape index (κ3) is 3.23. The summed E-state index contributed by atoms with van der Waals surface area (Å²) in [5, 5.41) is 0. The first-order valence-corrected chi connectivity index (χ1v) is 5.17. The number of rotatable bonds is 4. The van der Waals surface area contributed by atoms with E-state index < -0.39 is 0 Å². The number of ether oxygens (including phenoxy) is 1. The monoisotopic (exact) mass is 187 g/mol. The molecule has 68 valence electrons. The van der Waals surface area contributed by atoms with E-state index in [1.165, 1.54) is 0 Å². The normalized spacial score (nSPS) is 22.4. The molecule has 0 bridgehead atoms. The topological polar surface area (TPSA) is 60.0 Å². The van der Waals surface area contributed by atoms with E-state index in [-0.39, 0.29) is 6.10 Å². The molecule has 0 amide bonds. The molecule has 4 nitrogen and oxygen atoms in total. The van der Waals surface area contributed by atoms with E-state index >= 15 is 0 Å². The molecule has 1 aliphatic heterocycles. The van der Waals surface area contributed by atoms with Gasteiger partial charge in [-0.3, -0.25) is 0 Å². The predicted molar refractivity (Wildman–Crippen MR) is 53.1 cm³/mol. The molecule has 1 heterocycles. The van der Waals surface area contributed by atoms with E-state index in [0.29, 0.717) is 12.5 Å². The van der Waals surface area contributed by atoms with Crippen molar-refractivity contribution < 1.29 is 4.74 Å². The van der Waals surface area contributed by atoms with E-state index in [2.05, 4.69) is 16.2 Å². The molecule has 1 rings (SSSR count). The first-order valence-electron chi connectivity index (χ1n) is 3.77. The van der Waals surface area contributed by atoms with E-state index in [1.807, 2.05) is 0 Å². The summed E-state index contributed by atoms with van der Waals surface area (Å²) in [6, 6.07) is 0. The van der Waals surface area contributed by atoms with Crippen molar-refractivity contribution in [2.24, 2.45) is 15.7 Å². The third-order valence-electron chi connectivity index (χ3n) is 1.43. The molecule has 1 aliphatic rings. The Morgan fingerprint density at radius 3 is 3.25 bits per heavy atom. The van der Waals surface area contributed by atoms with Crippen LogP contribution in [0.15, 0.2) is 9.98 Å². The molecule has 0 fully saturated rings. The second-order valence-electron chi connectivity index (χ2n) is 2.38. The lowest BCUT2D eigenvalue weighted by atomic mass is 10.3. The van der Waals surface area contributed by atoms with Gasteiger partial charge in [-0.05, 0) is 6.26 Å². The highest BCUT2D eigenvalue weighted by molar-refractivity contribution is 7.98. The van der Waals surface area contributed by atoms with Crippen LogP contribution >= 0.6 is 11.8 Å². The number of nitrogens with zero attached hydrogens (tertiary/aromatic N) is 2. The Morgan fingerprint density at radius 2 is 2.67 bits per heavy atom. The van der Waals surface area contributed by atoms with Gasteiger partial charge in [0.15, 0.2) is 0 Å². The predicted octanol–water partition coefficient (Wildman–Crippen LogP) is 0.134. The average molecular weight is 187 g/mol. The van der Waals surface area contributed by atoms with Gasteiger partial charge in [0.2, 0.25) is 5.96 Å². The molecule has 0 saturated carbocycles. The lowest BCUT2D eigenvalue weighted by Gasteiger charge is -2.13. The molecule has 1 unspecified atom stereocenters. The van der Waals surface area contributed by atoms with Gasteiger partial charge in [0.05, 0.1) is 13.2 Å². The highest BCUT2D eigenvalue weighted by atomic mass is 32.2. The first kappa shape index (κ1) is 9.54. The number of guanidine groups is 1. The standard InChI is InChI=1S/C7H13N3OS/c1-12-3-2-11-6-4-9-7(8)10-5-6/h4,6H,2-3,5H2,1H3,(H2,8,10). The third-order valence-corrected chi connectivity index (χ3v) is 2.00. The number of hydrogen-bond donors (Lipinski definition) is 1. The number of thioether (sulfide) groups is 1. The van der Waals surface area contributed by atoms with Crippen molar-refractivity contribution >= 4 is 23.9 Å². The summed E-state index contributed by atoms with van der Waals surface area (Å²) in [5.74, 6) is 1.35. The lowest BCUT2D eigenvalue weighted by molar-refractivity contribution is 0.120. The largest absolute Gasteiger partial charge is 0.370 e. The van der Waals surface area contributed by atoms with Crippen LogP contribution in [0.2, 0.25) is 0 Å². The van der Waals surface area contributed by atoms with E-state index in [0.717, 1.165) is 12.4 Å². The molecule has 0 aromatic carbocycles. The second kappa shape index (κ2) is 5.16. The van der Waals surface area contributed by atoms with Crippen LogP contribution in [0, 0.1) is 0 Å². The van der Waals surface area contributed by atoms with Crippen LogP contribution in [-0.4, -0.2) is 43.4 Å². The summed E-state index contributed by atoms with van der Waals surface area (Å²) in [5.41, 5.74) is 5.34. The van der Waals surface area contributed by atoms with E-state index in [4.69, 9.17) is 10.5 Å². The Kier molecular flexibility index (Phi) is 4.10. The summed E-state index contributed by atoms with van der Waals surface area (Å²) < 4.78 is 5.44. The number of aliphatic imine (C=N–C) groups is 2. The van der Waals surface area contributed by atoms with Crippen LogP contribution in [0.1, 0.15) is 0 Å². The molecule has 0 aromatic rings. The Hall–Kier alpha value is -0.550. The Balaban J connectivity index is 2.16. The fourth-order valence-electron chi connectivity index (χ4n) is 0.810. The minimum Gasteiger partial charge on any atom is -0.370 e. The van der Waals surface area contributed by atoms with E-state index in [9.17, 15) is 0 Å². The molecule has 0 aliphatic carbocycles. The van der Waals surface area contributed by atoms with Crippen LogP contribution in [0.4, 0.5) is 0 Å². The minimum atomic E-state index is 0.0180. The second-order valence-corrected chi connectivity index (χ2v) is 3.36. The maximum atomic E-state index is 5.44. The van der Waals surface area contributed by atoms with Gasteiger partial charge >= 0.3 is 0 Å². The molecular formula is C7H13N3OS. The van der Waals surface area contributed by atoms with Crippen molar-refractivity contribution in [2.45, 2.75) is 6.10 Å². The van der Waals surface area contributed by atoms with Gasteiger partial charge in [-0.2, -0.15) is 11.8 Å². The quantitative estimate of drug-likeness (QED) is 0.637. The number of nitrogens with two attached hydrogens (primary N) is 1. The average Bonchev–Trinajstić information content (AvgIpc) is 2.09. The van der Waals surface area contributed by atoms with Crippen LogP contribution in [0.5, 0.6) is 0 Å². The summed E-state index contributed by atoms with van der Waals surface area (Å²) in [6.45, 7) is 1.34. The fourth-order valence-corrected chi connectivity index (χ4v) is 1.07. The van der Waals surface area contributed by atoms with Crippen molar-refractivity contribution in [1.82, 2.24) is 0 Å². The zero-order valence-electron chi connectivity index (χ0n) is 7.06. The molecule has 1 atom stereocenters. The summed E-state index contributed by atoms with van der Waals surface area (Å²) in [7, 11) is 0. The molecular weight excluding hydrogens is 174 g/mol. The summed E-state index contributed by atoms with van der Waals surface area (Å²) >= 11 is 1.76. The highest BCUT2D eigenvalue weighted by Crippen LogP contribution is 1.98. The van der Waals surface area contributed by atoms with Gasteiger partial charge in [-0.25, -0.2) is 9.98 Å². The zero-order valence-corrected chi connectivity index (χ0v) is 7.88. The first-order chi connectivity index (χ1) is 5.83. The fraction of sp³-hybridized carbons (Fsp3) is 0.714. The smallest absolute Gasteiger partial charge is 0.215 e. The Bertz CT molecular complexity index is 193. The Labute approximate surface area is 76.3 Å². The van der Waals surface area contributed by atoms with Gasteiger partial charge in [0, 0.05) is 12.0 Å². The van der Waals surface area contributed by atoms with Crippen molar-refractivity contribution in [3.05, 3.63) is 0 Å². The van der Waals surface area contributed by atoms with Crippen molar-refractivity contribution in [2.75, 3.05) is 25.2 Å². The summed E-state index contributed by atoms with van der Waals surface area (Å²) in [6.07, 6.45) is 3.78. The van der Waals surface area contributed by atoms with Crippen LogP contribution in [0.3, 0.4) is 0 Å². The maximum Gasteiger partial charge on any atom is 0.215 e. The van der Waals surface area contributed by atoms with Gasteiger partial charge in [0.1, 0.15) is 6.10 Å². The SMILES string of the molecule is CSCCOC1C=NC(N)=NC1. The molecule has 2 N–H and O–H groups in total. The van der Waals surface area contributed by atoms with Gasteiger partial charge in [-0.1, -0.05) is 0 Å². The zero-order chi connectivity index (χ0) is 8.81. The minimum absolute atomic E-state index is 0.0180. The van der Waals surface area contributed by atoms with E-state index in [1.54, 1.807) is 18.0 Å². The van der Waals surface area contributed by atoms with Crippen LogP contribution in [-0.2, 0) is 4.74 Å². The lowest BCUT2D eigenvalue weighted by Crippen LogP contribution is -2.27. The highest BCUT2D eigenvalue weighted by Gasteiger charge is 2.08. The molecule has 0 radical (unpaired) electrons. The van der Waals surface area contributed by atoms with Crippen molar-refractivity contribution in [1.29, 1.82) is 0 Å². The number of hydrogen-bond acceptors (Lipinski definition) is 5. The van der Waals surface area contributed by atoms with Gasteiger partial charge in [-0.15, -0.1) is 0 Å². The Morgan fingerprint density at radius 1 is 1.83 bits per heavy atom. The maximum absolute atomic E-state index is 5.44. The van der Waals surface area contributed by atoms with Gasteiger partial charge in [0.25, 0.3) is 0 Å².